The third-order valence-corrected chi connectivity index (χ3v) is 7.96. The summed E-state index contributed by atoms with van der Waals surface area (Å²) in [6.45, 7) is 3.64. The first kappa shape index (κ1) is 24.4. The molecule has 0 radical (unpaired) electrons. The lowest BCUT2D eigenvalue weighted by atomic mass is 10.00. The zero-order valence-electron chi connectivity index (χ0n) is 20.8. The molecule has 3 aromatic rings. The lowest BCUT2D eigenvalue weighted by molar-refractivity contribution is -0.135. The molecule has 7 heteroatoms. The zero-order chi connectivity index (χ0) is 25.1. The molecule has 1 aliphatic heterocycles. The topological polar surface area (TPSA) is 59.1 Å². The maximum absolute atomic E-state index is 13.7. The molecule has 1 atom stereocenters. The van der Waals surface area contributed by atoms with E-state index in [1.165, 1.54) is 4.88 Å². The van der Waals surface area contributed by atoms with Gasteiger partial charge >= 0.3 is 0 Å². The Morgan fingerprint density at radius 3 is 2.53 bits per heavy atom. The van der Waals surface area contributed by atoms with Gasteiger partial charge < -0.3 is 19.3 Å². The molecule has 5 rings (SSSR count). The fraction of sp³-hybridized carbons (Fsp3) is 0.379. The van der Waals surface area contributed by atoms with E-state index < -0.39 is 0 Å². The Hall–Kier alpha value is -3.32. The molecule has 36 heavy (non-hydrogen) atoms. The molecule has 2 aromatic carbocycles. The third kappa shape index (κ3) is 5.41. The first-order valence-corrected chi connectivity index (χ1v) is 13.4. The second-order valence-electron chi connectivity index (χ2n) is 9.61. The van der Waals surface area contributed by atoms with Crippen LogP contribution in [0.25, 0.3) is 0 Å². The molecule has 6 nitrogen and oxygen atoms in total. The van der Waals surface area contributed by atoms with E-state index >= 15 is 0 Å². The summed E-state index contributed by atoms with van der Waals surface area (Å²) >= 11 is 1.72. The number of carbonyl (C=O) groups excluding carboxylic acids is 2. The van der Waals surface area contributed by atoms with E-state index in [1.807, 2.05) is 60.4 Å². The number of para-hydroxylation sites is 2. The van der Waals surface area contributed by atoms with Crippen LogP contribution >= 0.6 is 11.3 Å². The minimum absolute atomic E-state index is 0.0402. The van der Waals surface area contributed by atoms with Crippen molar-refractivity contribution in [1.82, 2.24) is 9.80 Å². The summed E-state index contributed by atoms with van der Waals surface area (Å²) in [5, 5.41) is 2.08. The second-order valence-corrected chi connectivity index (χ2v) is 10.6. The number of rotatable bonds is 9. The fourth-order valence-electron chi connectivity index (χ4n) is 4.75. The highest BCUT2D eigenvalue weighted by Crippen LogP contribution is 2.36. The average molecular weight is 505 g/mol. The van der Waals surface area contributed by atoms with Gasteiger partial charge in [0.25, 0.3) is 5.91 Å². The van der Waals surface area contributed by atoms with Crippen LogP contribution in [-0.4, -0.2) is 55.0 Å². The number of aryl methyl sites for hydroxylation is 1. The molecule has 1 aromatic heterocycles. The normalized spacial score (nSPS) is 16.8. The third-order valence-electron chi connectivity index (χ3n) is 6.97. The van der Waals surface area contributed by atoms with Crippen molar-refractivity contribution in [2.75, 3.05) is 33.4 Å². The molecule has 0 saturated heterocycles. The highest BCUT2D eigenvalue weighted by atomic mass is 32.1. The summed E-state index contributed by atoms with van der Waals surface area (Å²) in [4.78, 5) is 32.0. The van der Waals surface area contributed by atoms with E-state index in [2.05, 4.69) is 11.4 Å². The van der Waals surface area contributed by atoms with Gasteiger partial charge in [0.05, 0.1) is 13.2 Å². The van der Waals surface area contributed by atoms with Crippen LogP contribution in [0.2, 0.25) is 0 Å². The Morgan fingerprint density at radius 2 is 1.81 bits per heavy atom. The summed E-state index contributed by atoms with van der Waals surface area (Å²) in [6, 6.07) is 17.0. The van der Waals surface area contributed by atoms with Gasteiger partial charge in [-0.25, -0.2) is 0 Å². The lowest BCUT2D eigenvalue weighted by Crippen LogP contribution is -2.48. The summed E-state index contributed by atoms with van der Waals surface area (Å²) in [6.07, 6.45) is 3.05. The van der Waals surface area contributed by atoms with Crippen LogP contribution < -0.4 is 9.47 Å². The molecule has 0 bridgehead atoms. The van der Waals surface area contributed by atoms with E-state index in [-0.39, 0.29) is 24.4 Å². The number of hydrogen-bond acceptors (Lipinski definition) is 5. The van der Waals surface area contributed by atoms with Crippen LogP contribution in [-0.2, 0) is 11.2 Å². The van der Waals surface area contributed by atoms with Gasteiger partial charge in [-0.1, -0.05) is 29.8 Å². The molecule has 2 heterocycles. The van der Waals surface area contributed by atoms with Gasteiger partial charge in [-0.3, -0.25) is 9.59 Å². The van der Waals surface area contributed by atoms with Crippen molar-refractivity contribution in [3.8, 4) is 11.5 Å². The summed E-state index contributed by atoms with van der Waals surface area (Å²) in [5.74, 6) is 1.68. The van der Waals surface area contributed by atoms with Gasteiger partial charge in [0, 0.05) is 23.5 Å². The van der Waals surface area contributed by atoms with Gasteiger partial charge in [-0.05, 0) is 73.4 Å². The molecule has 188 valence electrons. The first-order valence-electron chi connectivity index (χ1n) is 12.5. The highest BCUT2D eigenvalue weighted by Gasteiger charge is 2.35. The number of benzene rings is 2. The Labute approximate surface area is 216 Å². The number of hydrogen-bond donors (Lipinski definition) is 0. The van der Waals surface area contributed by atoms with Gasteiger partial charge in [-0.15, -0.1) is 11.3 Å². The van der Waals surface area contributed by atoms with Gasteiger partial charge in [0.2, 0.25) is 5.91 Å². The highest BCUT2D eigenvalue weighted by molar-refractivity contribution is 7.10. The van der Waals surface area contributed by atoms with E-state index in [1.54, 1.807) is 23.3 Å². The molecule has 2 aliphatic rings. The number of nitrogens with zero attached hydrogens (tertiary/aromatic N) is 2. The molecular weight excluding hydrogens is 472 g/mol. The van der Waals surface area contributed by atoms with Gasteiger partial charge in [0.1, 0.15) is 13.2 Å². The van der Waals surface area contributed by atoms with Crippen LogP contribution in [0.1, 0.15) is 45.2 Å². The number of amides is 2. The van der Waals surface area contributed by atoms with Crippen molar-refractivity contribution < 1.29 is 19.1 Å². The van der Waals surface area contributed by atoms with Crippen molar-refractivity contribution in [3.63, 3.8) is 0 Å². The number of thiophene rings is 1. The predicted octanol–water partition coefficient (Wildman–Crippen LogP) is 5.12. The standard InChI is InChI=1S/C29H32N2O4S/c1-20-7-11-22(12-8-20)29(33)30(17-21-9-10-21)18-28(32)31-15-13-27-23(14-16-36-27)24(31)19-35-26-6-4-3-5-25(26)34-2/h3-8,11-12,14,16,21,24H,9-10,13,15,17-19H2,1-2H3/t24-/m1/s1. The van der Waals surface area contributed by atoms with Crippen LogP contribution in [0.4, 0.5) is 0 Å². The van der Waals surface area contributed by atoms with Crippen LogP contribution in [0.15, 0.2) is 60.0 Å². The molecule has 1 fully saturated rings. The molecule has 1 aliphatic carbocycles. The Kier molecular flexibility index (Phi) is 7.28. The Balaban J connectivity index is 1.34. The van der Waals surface area contributed by atoms with E-state index in [4.69, 9.17) is 9.47 Å². The monoisotopic (exact) mass is 504 g/mol. The van der Waals surface area contributed by atoms with E-state index in [0.717, 1.165) is 30.4 Å². The number of methoxy groups -OCH3 is 1. The summed E-state index contributed by atoms with van der Waals surface area (Å²) < 4.78 is 11.6. The predicted molar refractivity (Wildman–Crippen MR) is 141 cm³/mol. The van der Waals surface area contributed by atoms with Crippen molar-refractivity contribution in [2.45, 2.75) is 32.2 Å². The lowest BCUT2D eigenvalue weighted by Gasteiger charge is -2.37. The van der Waals surface area contributed by atoms with Crippen molar-refractivity contribution >= 4 is 23.2 Å². The fourth-order valence-corrected chi connectivity index (χ4v) is 5.67. The average Bonchev–Trinajstić information content (AvgIpc) is 3.59. The molecule has 1 saturated carbocycles. The maximum atomic E-state index is 13.7. The van der Waals surface area contributed by atoms with Crippen LogP contribution in [0, 0.1) is 12.8 Å². The van der Waals surface area contributed by atoms with Gasteiger partial charge in [0.15, 0.2) is 11.5 Å². The first-order chi connectivity index (χ1) is 17.5. The number of carbonyl (C=O) groups is 2. The Bertz CT molecular complexity index is 1220. The molecule has 0 N–H and O–H groups in total. The van der Waals surface area contributed by atoms with Gasteiger partial charge in [-0.2, -0.15) is 0 Å². The second kappa shape index (κ2) is 10.7. The minimum Gasteiger partial charge on any atom is -0.493 e. The quantitative estimate of drug-likeness (QED) is 0.406. The minimum atomic E-state index is -0.213. The van der Waals surface area contributed by atoms with Crippen molar-refractivity contribution in [3.05, 3.63) is 81.5 Å². The zero-order valence-corrected chi connectivity index (χ0v) is 21.6. The molecule has 0 unspecified atom stereocenters. The molecular formula is C29H32N2O4S. The van der Waals surface area contributed by atoms with E-state index in [0.29, 0.717) is 42.7 Å². The van der Waals surface area contributed by atoms with Crippen LogP contribution in [0.3, 0.4) is 0 Å². The molecule has 2 amide bonds. The summed E-state index contributed by atoms with van der Waals surface area (Å²) in [5.41, 5.74) is 2.87. The molecule has 0 spiro atoms. The van der Waals surface area contributed by atoms with Crippen LogP contribution in [0.5, 0.6) is 11.5 Å². The maximum Gasteiger partial charge on any atom is 0.254 e. The number of ether oxygens (including phenoxy) is 2. The van der Waals surface area contributed by atoms with E-state index in [9.17, 15) is 9.59 Å². The summed E-state index contributed by atoms with van der Waals surface area (Å²) in [7, 11) is 1.62. The van der Waals surface area contributed by atoms with Crippen molar-refractivity contribution in [2.24, 2.45) is 5.92 Å². The van der Waals surface area contributed by atoms with Crippen molar-refractivity contribution in [1.29, 1.82) is 0 Å². The SMILES string of the molecule is COc1ccccc1OC[C@@H]1c2ccsc2CCN1C(=O)CN(CC1CC1)C(=O)c1ccc(C)cc1. The number of fused-ring (bicyclic) bond motifs is 1. The smallest absolute Gasteiger partial charge is 0.254 e. The Morgan fingerprint density at radius 1 is 1.06 bits per heavy atom. The largest absolute Gasteiger partial charge is 0.493 e.